The summed E-state index contributed by atoms with van der Waals surface area (Å²) in [7, 11) is 0. The first-order chi connectivity index (χ1) is 9.66. The number of nitrogens with zero attached hydrogens (tertiary/aromatic N) is 1. The van der Waals surface area contributed by atoms with Gasteiger partial charge in [-0.2, -0.15) is 0 Å². The van der Waals surface area contributed by atoms with E-state index >= 15 is 0 Å². The minimum atomic E-state index is -0.608. The van der Waals surface area contributed by atoms with Crippen LogP contribution in [0.4, 0.5) is 0 Å². The minimum Gasteiger partial charge on any atom is -0.481 e. The third kappa shape index (κ3) is 3.60. The lowest BCUT2D eigenvalue weighted by atomic mass is 9.73. The first-order valence-electron chi connectivity index (χ1n) is 7.66. The van der Waals surface area contributed by atoms with Crippen LogP contribution >= 0.6 is 0 Å². The zero-order chi connectivity index (χ0) is 14.4. The summed E-state index contributed by atoms with van der Waals surface area (Å²) in [5.74, 6) is -0.608. The molecule has 0 unspecified atom stereocenters. The van der Waals surface area contributed by atoms with Crippen LogP contribution in [0.1, 0.15) is 44.6 Å². The van der Waals surface area contributed by atoms with Crippen molar-refractivity contribution in [3.05, 3.63) is 35.9 Å². The van der Waals surface area contributed by atoms with Gasteiger partial charge in [-0.05, 0) is 24.9 Å². The van der Waals surface area contributed by atoms with Crippen molar-refractivity contribution in [3.8, 4) is 0 Å². The number of hydrogen-bond acceptors (Lipinski definition) is 2. The van der Waals surface area contributed by atoms with Gasteiger partial charge in [-0.3, -0.25) is 9.69 Å². The van der Waals surface area contributed by atoms with Gasteiger partial charge >= 0.3 is 5.97 Å². The van der Waals surface area contributed by atoms with Crippen molar-refractivity contribution in [3.63, 3.8) is 0 Å². The van der Waals surface area contributed by atoms with Crippen molar-refractivity contribution >= 4 is 5.97 Å². The molecule has 20 heavy (non-hydrogen) atoms. The highest BCUT2D eigenvalue weighted by Crippen LogP contribution is 2.37. The van der Waals surface area contributed by atoms with E-state index in [0.717, 1.165) is 38.8 Å². The first kappa shape index (κ1) is 15.0. The van der Waals surface area contributed by atoms with E-state index in [9.17, 15) is 9.90 Å². The largest absolute Gasteiger partial charge is 0.481 e. The van der Waals surface area contributed by atoms with Gasteiger partial charge in [0.05, 0.1) is 5.41 Å². The lowest BCUT2D eigenvalue weighted by Gasteiger charge is -2.37. The molecule has 0 spiro atoms. The van der Waals surface area contributed by atoms with Gasteiger partial charge < -0.3 is 5.11 Å². The van der Waals surface area contributed by atoms with Crippen LogP contribution < -0.4 is 0 Å². The van der Waals surface area contributed by atoms with Crippen LogP contribution in [-0.4, -0.2) is 29.1 Å². The highest BCUT2D eigenvalue weighted by Gasteiger charge is 2.40. The van der Waals surface area contributed by atoms with Crippen molar-refractivity contribution in [2.45, 2.75) is 45.6 Å². The Morgan fingerprint density at radius 1 is 1.20 bits per heavy atom. The summed E-state index contributed by atoms with van der Waals surface area (Å²) in [6.07, 6.45) is 4.94. The molecule has 3 nitrogen and oxygen atoms in total. The van der Waals surface area contributed by atoms with E-state index in [4.69, 9.17) is 0 Å². The average molecular weight is 275 g/mol. The number of rotatable bonds is 6. The molecular formula is C17H25NO2. The maximum atomic E-state index is 11.8. The summed E-state index contributed by atoms with van der Waals surface area (Å²) < 4.78 is 0. The maximum absolute atomic E-state index is 11.8. The molecule has 1 aliphatic carbocycles. The van der Waals surface area contributed by atoms with Crippen LogP contribution in [-0.2, 0) is 11.3 Å². The highest BCUT2D eigenvalue weighted by atomic mass is 16.4. The summed E-state index contributed by atoms with van der Waals surface area (Å²) >= 11 is 0. The van der Waals surface area contributed by atoms with E-state index in [0.29, 0.717) is 6.54 Å². The molecule has 0 atom stereocenters. The molecule has 0 aliphatic heterocycles. The van der Waals surface area contributed by atoms with Crippen molar-refractivity contribution < 1.29 is 9.90 Å². The van der Waals surface area contributed by atoms with Gasteiger partial charge in [-0.1, -0.05) is 56.5 Å². The Hall–Kier alpha value is -1.35. The molecule has 1 saturated carbocycles. The van der Waals surface area contributed by atoms with Gasteiger partial charge in [0.15, 0.2) is 0 Å². The fourth-order valence-electron chi connectivity index (χ4n) is 3.22. The van der Waals surface area contributed by atoms with Crippen molar-refractivity contribution in [1.82, 2.24) is 4.90 Å². The van der Waals surface area contributed by atoms with Crippen molar-refractivity contribution in [1.29, 1.82) is 0 Å². The van der Waals surface area contributed by atoms with Gasteiger partial charge in [0.2, 0.25) is 0 Å². The van der Waals surface area contributed by atoms with Gasteiger partial charge in [0.25, 0.3) is 0 Å². The standard InChI is InChI=1S/C17H25NO2/c1-2-18(13-15-9-5-3-6-10-15)14-17(16(19)20)11-7-4-8-12-17/h3,5-6,9-10H,2,4,7-8,11-14H2,1H3,(H,19,20). The van der Waals surface area contributed by atoms with Gasteiger partial charge in [0, 0.05) is 13.1 Å². The first-order valence-corrected chi connectivity index (χ1v) is 7.66. The normalized spacial score (nSPS) is 18.1. The third-order valence-corrected chi connectivity index (χ3v) is 4.49. The molecule has 1 aliphatic rings. The van der Waals surface area contributed by atoms with Crippen LogP contribution in [0.25, 0.3) is 0 Å². The number of benzene rings is 1. The summed E-state index contributed by atoms with van der Waals surface area (Å²) in [4.78, 5) is 14.0. The Labute approximate surface area is 121 Å². The summed E-state index contributed by atoms with van der Waals surface area (Å²) in [5, 5.41) is 9.67. The SMILES string of the molecule is CCN(Cc1ccccc1)CC1(C(=O)O)CCCCC1. The number of carboxylic acids is 1. The second-order valence-electron chi connectivity index (χ2n) is 5.94. The summed E-state index contributed by atoms with van der Waals surface area (Å²) in [5.41, 5.74) is 0.731. The molecule has 1 aromatic rings. The second kappa shape index (κ2) is 6.89. The molecule has 1 fully saturated rings. The van der Waals surface area contributed by atoms with Crippen molar-refractivity contribution in [2.75, 3.05) is 13.1 Å². The Bertz CT molecular complexity index is 424. The van der Waals surface area contributed by atoms with Crippen molar-refractivity contribution in [2.24, 2.45) is 5.41 Å². The molecule has 0 heterocycles. The predicted molar refractivity (Wildman–Crippen MR) is 80.5 cm³/mol. The molecule has 1 aromatic carbocycles. The molecule has 3 heteroatoms. The molecule has 2 rings (SSSR count). The highest BCUT2D eigenvalue weighted by molar-refractivity contribution is 5.75. The van der Waals surface area contributed by atoms with E-state index < -0.39 is 11.4 Å². The molecule has 0 aromatic heterocycles. The Balaban J connectivity index is 2.05. The predicted octanol–water partition coefficient (Wildman–Crippen LogP) is 3.54. The molecule has 0 amide bonds. The fraction of sp³-hybridized carbons (Fsp3) is 0.588. The molecule has 110 valence electrons. The third-order valence-electron chi connectivity index (χ3n) is 4.49. The van der Waals surface area contributed by atoms with E-state index in [1.54, 1.807) is 0 Å². The zero-order valence-corrected chi connectivity index (χ0v) is 12.3. The monoisotopic (exact) mass is 275 g/mol. The lowest BCUT2D eigenvalue weighted by Crippen LogP contribution is -2.44. The number of aliphatic carboxylic acids is 1. The number of carbonyl (C=O) groups is 1. The Morgan fingerprint density at radius 2 is 1.85 bits per heavy atom. The van der Waals surface area contributed by atoms with Gasteiger partial charge in [-0.15, -0.1) is 0 Å². The molecule has 0 bridgehead atoms. The summed E-state index contributed by atoms with van der Waals surface area (Å²) in [6, 6.07) is 10.3. The van der Waals surface area contributed by atoms with Crippen LogP contribution in [0.5, 0.6) is 0 Å². The Morgan fingerprint density at radius 3 is 2.40 bits per heavy atom. The number of carboxylic acid groups (broad SMARTS) is 1. The number of hydrogen-bond donors (Lipinski definition) is 1. The molecular weight excluding hydrogens is 250 g/mol. The van der Waals surface area contributed by atoms with Crippen LogP contribution in [0, 0.1) is 5.41 Å². The van der Waals surface area contributed by atoms with E-state index in [1.807, 2.05) is 18.2 Å². The quantitative estimate of drug-likeness (QED) is 0.863. The fourth-order valence-corrected chi connectivity index (χ4v) is 3.22. The topological polar surface area (TPSA) is 40.5 Å². The minimum absolute atomic E-state index is 0.525. The van der Waals surface area contributed by atoms with Gasteiger partial charge in [-0.25, -0.2) is 0 Å². The second-order valence-corrected chi connectivity index (χ2v) is 5.94. The maximum Gasteiger partial charge on any atom is 0.310 e. The lowest BCUT2D eigenvalue weighted by molar-refractivity contribution is -0.152. The van der Waals surface area contributed by atoms with E-state index in [-0.39, 0.29) is 0 Å². The smallest absolute Gasteiger partial charge is 0.310 e. The zero-order valence-electron chi connectivity index (χ0n) is 12.3. The molecule has 0 radical (unpaired) electrons. The molecule has 1 N–H and O–H groups in total. The van der Waals surface area contributed by atoms with Crippen LogP contribution in [0.2, 0.25) is 0 Å². The van der Waals surface area contributed by atoms with E-state index in [1.165, 1.54) is 12.0 Å². The van der Waals surface area contributed by atoms with Gasteiger partial charge in [0.1, 0.15) is 0 Å². The van der Waals surface area contributed by atoms with Crippen LogP contribution in [0.3, 0.4) is 0 Å². The average Bonchev–Trinajstić information content (AvgIpc) is 2.48. The molecule has 0 saturated heterocycles. The summed E-state index contributed by atoms with van der Waals surface area (Å²) in [6.45, 7) is 4.52. The Kier molecular flexibility index (Phi) is 5.18. The van der Waals surface area contributed by atoms with E-state index in [2.05, 4.69) is 24.0 Å². The van der Waals surface area contributed by atoms with Crippen LogP contribution in [0.15, 0.2) is 30.3 Å².